The van der Waals surface area contributed by atoms with Crippen LogP contribution < -0.4 is 25.8 Å². The molecule has 0 aromatic heterocycles. The van der Waals surface area contributed by atoms with Crippen molar-refractivity contribution in [2.45, 2.75) is 31.2 Å². The second kappa shape index (κ2) is 8.75. The Labute approximate surface area is 164 Å². The van der Waals surface area contributed by atoms with Gasteiger partial charge in [0.1, 0.15) is 0 Å². The highest BCUT2D eigenvalue weighted by Gasteiger charge is 2.36. The van der Waals surface area contributed by atoms with Crippen LogP contribution in [0.25, 0.3) is 0 Å². The van der Waals surface area contributed by atoms with Gasteiger partial charge in [0.05, 0.1) is 12.6 Å². The first-order valence-corrected chi connectivity index (χ1v) is 9.26. The fourth-order valence-corrected chi connectivity index (χ4v) is 3.24. The van der Waals surface area contributed by atoms with Gasteiger partial charge in [0.15, 0.2) is 18.1 Å². The Morgan fingerprint density at radius 3 is 2.32 bits per heavy atom. The number of carbonyl (C=O) groups is 2. The minimum atomic E-state index is -0.804. The summed E-state index contributed by atoms with van der Waals surface area (Å²) in [5.41, 5.74) is 6.52. The summed E-state index contributed by atoms with van der Waals surface area (Å²) in [6.07, 6.45) is 3.31. The van der Waals surface area contributed by atoms with Crippen LogP contribution in [0.1, 0.15) is 25.7 Å². The zero-order valence-corrected chi connectivity index (χ0v) is 15.9. The quantitative estimate of drug-likeness (QED) is 0.682. The third-order valence-corrected chi connectivity index (χ3v) is 4.78. The van der Waals surface area contributed by atoms with Crippen molar-refractivity contribution >= 4 is 23.2 Å². The third-order valence-electron chi connectivity index (χ3n) is 4.78. The van der Waals surface area contributed by atoms with E-state index in [0.717, 1.165) is 12.8 Å². The van der Waals surface area contributed by atoms with Crippen LogP contribution in [0.5, 0.6) is 11.5 Å². The molecule has 0 aliphatic heterocycles. The molecule has 7 nitrogen and oxygen atoms in total. The van der Waals surface area contributed by atoms with Gasteiger partial charge in [0.25, 0.3) is 5.91 Å². The molecule has 7 heteroatoms. The average Bonchev–Trinajstić information content (AvgIpc) is 3.15. The molecule has 4 N–H and O–H groups in total. The molecule has 28 heavy (non-hydrogen) atoms. The third kappa shape index (κ3) is 4.80. The zero-order chi connectivity index (χ0) is 20.0. The summed E-state index contributed by atoms with van der Waals surface area (Å²) in [4.78, 5) is 24.6. The molecule has 2 amide bonds. The highest BCUT2D eigenvalue weighted by molar-refractivity contribution is 5.99. The number of nitrogens with one attached hydrogen (secondary N) is 2. The summed E-state index contributed by atoms with van der Waals surface area (Å²) in [6, 6.07) is 14.1. The van der Waals surface area contributed by atoms with Gasteiger partial charge in [0, 0.05) is 11.4 Å². The van der Waals surface area contributed by atoms with Gasteiger partial charge in [-0.15, -0.1) is 0 Å². The van der Waals surface area contributed by atoms with Crippen molar-refractivity contribution in [2.75, 3.05) is 24.4 Å². The van der Waals surface area contributed by atoms with Gasteiger partial charge in [0.2, 0.25) is 5.91 Å². The fraction of sp³-hybridized carbons (Fsp3) is 0.333. The highest BCUT2D eigenvalue weighted by atomic mass is 16.5. The van der Waals surface area contributed by atoms with E-state index in [4.69, 9.17) is 15.2 Å². The average molecular weight is 383 g/mol. The first-order valence-electron chi connectivity index (χ1n) is 9.26. The Kier molecular flexibility index (Phi) is 6.16. The van der Waals surface area contributed by atoms with Crippen molar-refractivity contribution in [2.24, 2.45) is 5.73 Å². The van der Waals surface area contributed by atoms with Crippen molar-refractivity contribution in [3.63, 3.8) is 0 Å². The van der Waals surface area contributed by atoms with Crippen LogP contribution in [-0.4, -0.2) is 31.1 Å². The molecule has 3 rings (SSSR count). The van der Waals surface area contributed by atoms with Crippen molar-refractivity contribution in [1.82, 2.24) is 0 Å². The van der Waals surface area contributed by atoms with Gasteiger partial charge in [-0.1, -0.05) is 31.0 Å². The zero-order valence-electron chi connectivity index (χ0n) is 15.9. The van der Waals surface area contributed by atoms with E-state index in [0.29, 0.717) is 35.7 Å². The predicted octanol–water partition coefficient (Wildman–Crippen LogP) is 2.92. The SMILES string of the molecule is COc1ccccc1OCC(=O)Nc1cccc(NC(=O)C2(N)CCCC2)c1. The number of carbonyl (C=O) groups excluding carboxylic acids is 2. The molecule has 1 aliphatic rings. The van der Waals surface area contributed by atoms with Crippen molar-refractivity contribution in [1.29, 1.82) is 0 Å². The molecule has 2 aromatic carbocycles. The van der Waals surface area contributed by atoms with E-state index in [2.05, 4.69) is 10.6 Å². The van der Waals surface area contributed by atoms with E-state index in [9.17, 15) is 9.59 Å². The normalized spacial score (nSPS) is 14.9. The highest BCUT2D eigenvalue weighted by Crippen LogP contribution is 2.29. The lowest BCUT2D eigenvalue weighted by molar-refractivity contribution is -0.121. The Hall–Kier alpha value is -3.06. The number of anilines is 2. The minimum absolute atomic E-state index is 0.164. The van der Waals surface area contributed by atoms with Crippen LogP contribution in [-0.2, 0) is 9.59 Å². The molecule has 1 fully saturated rings. The Morgan fingerprint density at radius 1 is 1.00 bits per heavy atom. The van der Waals surface area contributed by atoms with E-state index in [-0.39, 0.29) is 18.4 Å². The van der Waals surface area contributed by atoms with Crippen molar-refractivity contribution in [3.05, 3.63) is 48.5 Å². The summed E-state index contributed by atoms with van der Waals surface area (Å²) < 4.78 is 10.7. The molecule has 1 aliphatic carbocycles. The standard InChI is InChI=1S/C21H25N3O4/c1-27-17-9-2-3-10-18(17)28-14-19(25)23-15-7-6-8-16(13-15)24-20(26)21(22)11-4-5-12-21/h2-3,6-10,13H,4-5,11-12,14,22H2,1H3,(H,23,25)(H,24,26). The van der Waals surface area contributed by atoms with Gasteiger partial charge < -0.3 is 25.8 Å². The first-order chi connectivity index (χ1) is 13.5. The number of para-hydroxylation sites is 2. The summed E-state index contributed by atoms with van der Waals surface area (Å²) in [6.45, 7) is -0.164. The molecule has 0 heterocycles. The molecule has 0 atom stereocenters. The largest absolute Gasteiger partial charge is 0.493 e. The van der Waals surface area contributed by atoms with E-state index >= 15 is 0 Å². The number of amides is 2. The lowest BCUT2D eigenvalue weighted by atomic mass is 9.98. The van der Waals surface area contributed by atoms with Crippen LogP contribution in [0.4, 0.5) is 11.4 Å². The molecular formula is C21H25N3O4. The van der Waals surface area contributed by atoms with Crippen molar-refractivity contribution in [3.8, 4) is 11.5 Å². The summed E-state index contributed by atoms with van der Waals surface area (Å²) in [5.74, 6) is 0.544. The summed E-state index contributed by atoms with van der Waals surface area (Å²) in [7, 11) is 1.54. The second-order valence-electron chi connectivity index (χ2n) is 6.89. The Balaban J connectivity index is 1.56. The first kappa shape index (κ1) is 19.7. The molecule has 0 bridgehead atoms. The van der Waals surface area contributed by atoms with Crippen LogP contribution in [0.15, 0.2) is 48.5 Å². The van der Waals surface area contributed by atoms with E-state index in [1.807, 2.05) is 6.07 Å². The number of nitrogens with two attached hydrogens (primary N) is 1. The summed E-state index contributed by atoms with van der Waals surface area (Å²) >= 11 is 0. The molecule has 1 saturated carbocycles. The smallest absolute Gasteiger partial charge is 0.262 e. The second-order valence-corrected chi connectivity index (χ2v) is 6.89. The Morgan fingerprint density at radius 2 is 1.64 bits per heavy atom. The maximum atomic E-state index is 12.4. The fourth-order valence-electron chi connectivity index (χ4n) is 3.24. The van der Waals surface area contributed by atoms with Gasteiger partial charge in [-0.3, -0.25) is 9.59 Å². The lowest BCUT2D eigenvalue weighted by Gasteiger charge is -2.22. The van der Waals surface area contributed by atoms with Crippen LogP contribution >= 0.6 is 0 Å². The van der Waals surface area contributed by atoms with Gasteiger partial charge in [-0.25, -0.2) is 0 Å². The number of hydrogen-bond donors (Lipinski definition) is 3. The lowest BCUT2D eigenvalue weighted by Crippen LogP contribution is -2.48. The van der Waals surface area contributed by atoms with Crippen LogP contribution in [0, 0.1) is 0 Å². The maximum absolute atomic E-state index is 12.4. The molecular weight excluding hydrogens is 358 g/mol. The predicted molar refractivity (Wildman–Crippen MR) is 108 cm³/mol. The summed E-state index contributed by atoms with van der Waals surface area (Å²) in [5, 5.41) is 5.60. The van der Waals surface area contributed by atoms with Crippen molar-refractivity contribution < 1.29 is 19.1 Å². The van der Waals surface area contributed by atoms with Gasteiger partial charge in [-0.05, 0) is 43.2 Å². The maximum Gasteiger partial charge on any atom is 0.262 e. The molecule has 0 spiro atoms. The molecule has 2 aromatic rings. The molecule has 0 radical (unpaired) electrons. The molecule has 0 unspecified atom stereocenters. The van der Waals surface area contributed by atoms with E-state index < -0.39 is 5.54 Å². The molecule has 148 valence electrons. The van der Waals surface area contributed by atoms with E-state index in [1.165, 1.54) is 0 Å². The number of ether oxygens (including phenoxy) is 2. The van der Waals surface area contributed by atoms with E-state index in [1.54, 1.807) is 49.6 Å². The number of rotatable bonds is 7. The molecule has 0 saturated heterocycles. The van der Waals surface area contributed by atoms with Gasteiger partial charge in [-0.2, -0.15) is 0 Å². The van der Waals surface area contributed by atoms with Crippen LogP contribution in [0.3, 0.4) is 0 Å². The van der Waals surface area contributed by atoms with Gasteiger partial charge >= 0.3 is 0 Å². The minimum Gasteiger partial charge on any atom is -0.493 e. The number of hydrogen-bond acceptors (Lipinski definition) is 5. The number of benzene rings is 2. The monoisotopic (exact) mass is 383 g/mol. The van der Waals surface area contributed by atoms with Crippen LogP contribution in [0.2, 0.25) is 0 Å². The topological polar surface area (TPSA) is 103 Å². The Bertz CT molecular complexity index is 847. The number of methoxy groups -OCH3 is 1.